The van der Waals surface area contributed by atoms with Crippen molar-refractivity contribution in [3.05, 3.63) is 21.9 Å². The van der Waals surface area contributed by atoms with Gasteiger partial charge in [-0.2, -0.15) is 0 Å². The number of ketones is 1. The molecule has 4 heteroatoms. The van der Waals surface area contributed by atoms with E-state index >= 15 is 0 Å². The van der Waals surface area contributed by atoms with E-state index in [2.05, 4.69) is 45.3 Å². The Labute approximate surface area is 139 Å². The largest absolute Gasteiger partial charge is 0.409 e. The summed E-state index contributed by atoms with van der Waals surface area (Å²) in [5.41, 5.74) is 0.928. The minimum absolute atomic E-state index is 0.00226. The van der Waals surface area contributed by atoms with Crippen LogP contribution >= 0.6 is 11.3 Å². The highest BCUT2D eigenvalue weighted by atomic mass is 32.1. The van der Waals surface area contributed by atoms with E-state index in [1.807, 2.05) is 0 Å². The Morgan fingerprint density at radius 3 is 2.45 bits per heavy atom. The molecule has 2 aliphatic rings. The zero-order chi connectivity index (χ0) is 16.2. The van der Waals surface area contributed by atoms with Crippen molar-refractivity contribution in [1.82, 2.24) is 0 Å². The van der Waals surface area contributed by atoms with Crippen LogP contribution < -0.4 is 0 Å². The van der Waals surface area contributed by atoms with E-state index in [9.17, 15) is 4.79 Å². The molecule has 1 fully saturated rings. The Kier molecular flexibility index (Phi) is 3.94. The van der Waals surface area contributed by atoms with Crippen LogP contribution in [0.3, 0.4) is 0 Å². The van der Waals surface area contributed by atoms with Gasteiger partial charge in [0.1, 0.15) is 0 Å². The van der Waals surface area contributed by atoms with E-state index in [1.54, 1.807) is 11.3 Å². The molecule has 0 amide bonds. The summed E-state index contributed by atoms with van der Waals surface area (Å²) < 4.78 is 6.84. The minimum Gasteiger partial charge on any atom is -0.409 e. The van der Waals surface area contributed by atoms with Crippen LogP contribution in [0.2, 0.25) is 18.1 Å². The second-order valence-corrected chi connectivity index (χ2v) is 14.2. The summed E-state index contributed by atoms with van der Waals surface area (Å²) in [6.45, 7) is 11.4. The molecule has 3 rings (SSSR count). The maximum Gasteiger partial charge on any atom is 0.192 e. The van der Waals surface area contributed by atoms with Crippen LogP contribution in [0, 0.1) is 5.41 Å². The third-order valence-electron chi connectivity index (χ3n) is 6.10. The average Bonchev–Trinajstić information content (AvgIpc) is 2.98. The first kappa shape index (κ1) is 16.4. The second-order valence-electron chi connectivity index (χ2n) is 8.51. The van der Waals surface area contributed by atoms with Gasteiger partial charge >= 0.3 is 0 Å². The number of hydrogen-bond donors (Lipinski definition) is 0. The molecule has 1 unspecified atom stereocenters. The monoisotopic (exact) mass is 336 g/mol. The lowest BCUT2D eigenvalue weighted by Crippen LogP contribution is -2.46. The SMILES string of the molecule is CC(C)(C)[Si](C)(C)OC1c2ccsc2C(=O)C12CCCCC2. The first-order valence-corrected chi connectivity index (χ1v) is 12.3. The Balaban J connectivity index is 2.01. The molecule has 122 valence electrons. The molecule has 2 nitrogen and oxygen atoms in total. The molecule has 0 aromatic carbocycles. The van der Waals surface area contributed by atoms with Gasteiger partial charge in [-0.05, 0) is 42.4 Å². The average molecular weight is 337 g/mol. The molecule has 22 heavy (non-hydrogen) atoms. The van der Waals surface area contributed by atoms with Crippen molar-refractivity contribution in [2.75, 3.05) is 0 Å². The van der Waals surface area contributed by atoms with Crippen LogP contribution in [0.25, 0.3) is 0 Å². The number of carbonyl (C=O) groups is 1. The topological polar surface area (TPSA) is 26.3 Å². The predicted octanol–water partition coefficient (Wildman–Crippen LogP) is 5.96. The quantitative estimate of drug-likeness (QED) is 0.623. The van der Waals surface area contributed by atoms with Gasteiger partial charge in [-0.15, -0.1) is 11.3 Å². The summed E-state index contributed by atoms with van der Waals surface area (Å²) in [7, 11) is -1.90. The summed E-state index contributed by atoms with van der Waals surface area (Å²) in [4.78, 5) is 14.1. The maximum atomic E-state index is 13.1. The number of Topliss-reactive ketones (excluding diaryl/α,β-unsaturated/α-hetero) is 1. The first-order valence-electron chi connectivity index (χ1n) is 8.49. The van der Waals surface area contributed by atoms with E-state index in [0.29, 0.717) is 5.78 Å². The van der Waals surface area contributed by atoms with Crippen molar-refractivity contribution < 1.29 is 9.22 Å². The van der Waals surface area contributed by atoms with Crippen LogP contribution in [0.4, 0.5) is 0 Å². The zero-order valence-electron chi connectivity index (χ0n) is 14.5. The maximum absolute atomic E-state index is 13.1. The van der Waals surface area contributed by atoms with Gasteiger partial charge in [0, 0.05) is 5.56 Å². The lowest BCUT2D eigenvalue weighted by Gasteiger charge is -2.44. The van der Waals surface area contributed by atoms with Crippen molar-refractivity contribution in [1.29, 1.82) is 0 Å². The van der Waals surface area contributed by atoms with Gasteiger partial charge in [-0.1, -0.05) is 40.0 Å². The smallest absolute Gasteiger partial charge is 0.192 e. The Hall–Kier alpha value is -0.453. The number of thiophene rings is 1. The predicted molar refractivity (Wildman–Crippen MR) is 95.2 cm³/mol. The van der Waals surface area contributed by atoms with Crippen molar-refractivity contribution in [3.8, 4) is 0 Å². The summed E-state index contributed by atoms with van der Waals surface area (Å²) in [5.74, 6) is 0.376. The molecule has 0 N–H and O–H groups in total. The number of hydrogen-bond acceptors (Lipinski definition) is 3. The van der Waals surface area contributed by atoms with E-state index < -0.39 is 8.32 Å². The van der Waals surface area contributed by atoms with Crippen molar-refractivity contribution in [3.63, 3.8) is 0 Å². The number of carbonyl (C=O) groups excluding carboxylic acids is 1. The summed E-state index contributed by atoms with van der Waals surface area (Å²) >= 11 is 1.61. The Bertz CT molecular complexity index is 576. The van der Waals surface area contributed by atoms with Gasteiger partial charge in [0.05, 0.1) is 16.4 Å². The summed E-state index contributed by atoms with van der Waals surface area (Å²) in [5, 5.41) is 2.23. The third kappa shape index (κ3) is 2.35. The molecule has 1 saturated carbocycles. The highest BCUT2D eigenvalue weighted by Gasteiger charge is 2.56. The van der Waals surface area contributed by atoms with Gasteiger partial charge in [-0.25, -0.2) is 0 Å². The van der Waals surface area contributed by atoms with Crippen LogP contribution in [0.15, 0.2) is 11.4 Å². The highest BCUT2D eigenvalue weighted by molar-refractivity contribution is 7.12. The van der Waals surface area contributed by atoms with E-state index in [0.717, 1.165) is 30.6 Å². The van der Waals surface area contributed by atoms with Crippen molar-refractivity contribution in [2.45, 2.75) is 77.1 Å². The van der Waals surface area contributed by atoms with Crippen molar-refractivity contribution in [2.24, 2.45) is 5.41 Å². The van der Waals surface area contributed by atoms with E-state index in [1.165, 1.54) is 12.0 Å². The van der Waals surface area contributed by atoms with Gasteiger partial charge in [0.25, 0.3) is 0 Å². The van der Waals surface area contributed by atoms with Gasteiger partial charge in [0.15, 0.2) is 14.1 Å². The molecule has 0 saturated heterocycles. The molecule has 0 aliphatic heterocycles. The molecule has 1 aromatic heterocycles. The van der Waals surface area contributed by atoms with E-state index in [-0.39, 0.29) is 16.6 Å². The van der Waals surface area contributed by atoms with Crippen LogP contribution in [-0.2, 0) is 4.43 Å². The lowest BCUT2D eigenvalue weighted by molar-refractivity contribution is 0.0206. The standard InChI is InChI=1S/C18H28O2SSi/c1-17(2,3)22(4,5)20-16-13-9-12-21-14(13)15(19)18(16)10-7-6-8-11-18/h9,12,16H,6-8,10-11H2,1-5H3. The molecule has 1 spiro atoms. The Morgan fingerprint density at radius 2 is 1.86 bits per heavy atom. The summed E-state index contributed by atoms with van der Waals surface area (Å²) in [6.07, 6.45) is 5.60. The first-order chi connectivity index (χ1) is 10.2. The summed E-state index contributed by atoms with van der Waals surface area (Å²) in [6, 6.07) is 2.14. The fourth-order valence-electron chi connectivity index (χ4n) is 3.67. The molecule has 2 aliphatic carbocycles. The molecule has 1 heterocycles. The molecule has 0 bridgehead atoms. The molecular weight excluding hydrogens is 308 g/mol. The molecule has 1 atom stereocenters. The fraction of sp³-hybridized carbons (Fsp3) is 0.722. The van der Waals surface area contributed by atoms with Crippen LogP contribution in [-0.4, -0.2) is 14.1 Å². The van der Waals surface area contributed by atoms with E-state index in [4.69, 9.17) is 4.43 Å². The van der Waals surface area contributed by atoms with Gasteiger partial charge < -0.3 is 4.43 Å². The minimum atomic E-state index is -1.90. The molecular formula is C18H28O2SSi. The number of fused-ring (bicyclic) bond motifs is 1. The second kappa shape index (κ2) is 5.28. The molecule has 0 radical (unpaired) electrons. The fourth-order valence-corrected chi connectivity index (χ4v) is 5.94. The number of rotatable bonds is 2. The lowest BCUT2D eigenvalue weighted by atomic mass is 9.70. The zero-order valence-corrected chi connectivity index (χ0v) is 16.3. The highest BCUT2D eigenvalue weighted by Crippen LogP contribution is 2.58. The third-order valence-corrected chi connectivity index (χ3v) is 11.5. The van der Waals surface area contributed by atoms with Crippen LogP contribution in [0.1, 0.15) is 74.2 Å². The van der Waals surface area contributed by atoms with Gasteiger partial charge in [-0.3, -0.25) is 4.79 Å². The van der Waals surface area contributed by atoms with Gasteiger partial charge in [0.2, 0.25) is 0 Å². The normalized spacial score (nSPS) is 24.8. The molecule has 1 aromatic rings. The van der Waals surface area contributed by atoms with Crippen molar-refractivity contribution >= 4 is 25.4 Å². The van der Waals surface area contributed by atoms with Crippen LogP contribution in [0.5, 0.6) is 0 Å². The Morgan fingerprint density at radius 1 is 1.23 bits per heavy atom.